The molecule has 1 aliphatic heterocycles. The zero-order valence-corrected chi connectivity index (χ0v) is 10.7. The van der Waals surface area contributed by atoms with Gasteiger partial charge in [0.1, 0.15) is 16.8 Å². The Morgan fingerprint density at radius 3 is 1.76 bits per heavy atom. The van der Waals surface area contributed by atoms with Crippen LogP contribution in [0.25, 0.3) is 0 Å². The summed E-state index contributed by atoms with van der Waals surface area (Å²) in [6, 6.07) is 0. The Morgan fingerprint density at radius 2 is 1.41 bits per heavy atom. The highest BCUT2D eigenvalue weighted by Gasteiger charge is 2.70. The number of ether oxygens (including phenoxy) is 1. The number of hydrogen-bond donors (Lipinski definition) is 4. The number of aliphatic hydroxyl groups is 4. The van der Waals surface area contributed by atoms with Gasteiger partial charge in [-0.3, -0.25) is 4.79 Å². The van der Waals surface area contributed by atoms with E-state index >= 15 is 0 Å². The number of Topliss-reactive ketones (excluding diaryl/α,β-unsaturated/α-hetero) is 1. The lowest BCUT2D eigenvalue weighted by atomic mass is 9.64. The highest BCUT2D eigenvalue weighted by Crippen LogP contribution is 2.48. The summed E-state index contributed by atoms with van der Waals surface area (Å²) in [5.41, 5.74) is -6.29. The Hall–Kier alpha value is -0.530. The molecule has 0 aliphatic carbocycles. The lowest BCUT2D eigenvalue weighted by Gasteiger charge is -2.59. The zero-order chi connectivity index (χ0) is 13.9. The quantitative estimate of drug-likeness (QED) is 0.471. The first-order valence-electron chi connectivity index (χ1n) is 5.37. The van der Waals surface area contributed by atoms with Gasteiger partial charge in [-0.2, -0.15) is 0 Å². The van der Waals surface area contributed by atoms with Gasteiger partial charge >= 0.3 is 0 Å². The normalized spacial score (nSPS) is 55.7. The minimum atomic E-state index is -2.16. The summed E-state index contributed by atoms with van der Waals surface area (Å²) in [7, 11) is 0. The second-order valence-electron chi connectivity index (χ2n) is 5.38. The van der Waals surface area contributed by atoms with Crippen LogP contribution in [-0.4, -0.2) is 54.9 Å². The van der Waals surface area contributed by atoms with Crippen LogP contribution < -0.4 is 0 Å². The van der Waals surface area contributed by atoms with Crippen molar-refractivity contribution in [3.05, 3.63) is 0 Å². The van der Waals surface area contributed by atoms with E-state index in [2.05, 4.69) is 0 Å². The van der Waals surface area contributed by atoms with Crippen molar-refractivity contribution in [3.63, 3.8) is 0 Å². The molecule has 0 saturated carbocycles. The molecule has 4 N–H and O–H groups in total. The summed E-state index contributed by atoms with van der Waals surface area (Å²) in [5.74, 6) is -2.71. The summed E-state index contributed by atoms with van der Waals surface area (Å²) in [4.78, 5) is 11.4. The van der Waals surface area contributed by atoms with Crippen molar-refractivity contribution in [3.8, 4) is 0 Å². The summed E-state index contributed by atoms with van der Waals surface area (Å²) in [6.07, 6.45) is -1.42. The van der Waals surface area contributed by atoms with Gasteiger partial charge in [-0.15, -0.1) is 0 Å². The lowest BCUT2D eigenvalue weighted by Crippen LogP contribution is -2.81. The third kappa shape index (κ3) is 1.63. The van der Waals surface area contributed by atoms with Crippen molar-refractivity contribution < 1.29 is 30.0 Å². The number of carbonyl (C=O) groups excluding carboxylic acids is 1. The molecule has 1 fully saturated rings. The molecule has 2 unspecified atom stereocenters. The zero-order valence-electron chi connectivity index (χ0n) is 10.7. The first-order valence-corrected chi connectivity index (χ1v) is 5.37. The molecule has 0 aromatic heterocycles. The van der Waals surface area contributed by atoms with E-state index in [-0.39, 0.29) is 0 Å². The number of rotatable bonds is 1. The van der Waals surface area contributed by atoms with Crippen molar-refractivity contribution in [1.82, 2.24) is 0 Å². The van der Waals surface area contributed by atoms with E-state index in [4.69, 9.17) is 4.74 Å². The van der Waals surface area contributed by atoms with Gasteiger partial charge in [0.2, 0.25) is 0 Å². The summed E-state index contributed by atoms with van der Waals surface area (Å²) >= 11 is 0. The monoisotopic (exact) mass is 248 g/mol. The largest absolute Gasteiger partial charge is 0.384 e. The van der Waals surface area contributed by atoms with Gasteiger partial charge < -0.3 is 25.2 Å². The lowest BCUT2D eigenvalue weighted by molar-refractivity contribution is -0.414. The van der Waals surface area contributed by atoms with Crippen LogP contribution in [-0.2, 0) is 9.53 Å². The van der Waals surface area contributed by atoms with E-state index in [9.17, 15) is 25.2 Å². The molecule has 100 valence electrons. The fraction of sp³-hybridized carbons (Fsp3) is 0.909. The molecule has 1 rings (SSSR count). The maximum Gasteiger partial charge on any atom is 0.195 e. The van der Waals surface area contributed by atoms with Crippen molar-refractivity contribution >= 4 is 5.78 Å². The summed E-state index contributed by atoms with van der Waals surface area (Å²) in [5, 5.41) is 40.7. The van der Waals surface area contributed by atoms with E-state index in [1.807, 2.05) is 0 Å². The molecule has 0 aromatic carbocycles. The van der Waals surface area contributed by atoms with Crippen LogP contribution >= 0.6 is 0 Å². The van der Waals surface area contributed by atoms with Crippen LogP contribution in [0.3, 0.4) is 0 Å². The Labute approximate surface area is 99.8 Å². The molecule has 0 aromatic rings. The van der Waals surface area contributed by atoms with E-state index in [0.717, 1.165) is 20.8 Å². The molecule has 17 heavy (non-hydrogen) atoms. The van der Waals surface area contributed by atoms with Crippen LogP contribution in [0.4, 0.5) is 0 Å². The molecule has 6 nitrogen and oxygen atoms in total. The molecular weight excluding hydrogens is 228 g/mol. The van der Waals surface area contributed by atoms with Crippen molar-refractivity contribution in [2.45, 2.75) is 63.3 Å². The Kier molecular flexibility index (Phi) is 2.98. The number of hydrogen-bond acceptors (Lipinski definition) is 6. The van der Waals surface area contributed by atoms with E-state index < -0.39 is 34.5 Å². The first-order chi connectivity index (χ1) is 7.29. The predicted molar refractivity (Wildman–Crippen MR) is 58.0 cm³/mol. The van der Waals surface area contributed by atoms with E-state index in [0.29, 0.717) is 0 Å². The van der Waals surface area contributed by atoms with Crippen molar-refractivity contribution in [2.75, 3.05) is 0 Å². The predicted octanol–water partition coefficient (Wildman–Crippen LogP) is -1.06. The average molecular weight is 248 g/mol. The van der Waals surface area contributed by atoms with Crippen molar-refractivity contribution in [1.29, 1.82) is 0 Å². The maximum absolute atomic E-state index is 11.4. The van der Waals surface area contributed by atoms with Gasteiger partial charge in [-0.1, -0.05) is 0 Å². The highest BCUT2D eigenvalue weighted by molar-refractivity contribution is 5.82. The number of ketones is 1. The van der Waals surface area contributed by atoms with Crippen LogP contribution in [0.15, 0.2) is 0 Å². The van der Waals surface area contributed by atoms with Crippen molar-refractivity contribution in [2.24, 2.45) is 0 Å². The average Bonchev–Trinajstić information content (AvgIpc) is 2.11. The standard InChI is InChI=1S/C11H20O6/c1-6(12)7-8(2,13)9(3,14)10(4,15)11(5,16)17-7/h7,13-16H,1-5H3/t7?,8-,9-,10?,11-/m1/s1. The highest BCUT2D eigenvalue weighted by atomic mass is 16.7. The molecule has 6 heteroatoms. The summed E-state index contributed by atoms with van der Waals surface area (Å²) in [6.45, 7) is 5.78. The van der Waals surface area contributed by atoms with E-state index in [1.54, 1.807) is 0 Å². The molecule has 1 aliphatic rings. The van der Waals surface area contributed by atoms with Crippen LogP contribution in [0.5, 0.6) is 0 Å². The Bertz CT molecular complexity index is 342. The smallest absolute Gasteiger partial charge is 0.195 e. The molecule has 5 atom stereocenters. The molecule has 1 heterocycles. The number of carbonyl (C=O) groups is 1. The first kappa shape index (κ1) is 14.5. The van der Waals surface area contributed by atoms with E-state index in [1.165, 1.54) is 13.8 Å². The SMILES string of the molecule is CC(=O)C1O[C@@](C)(O)C(C)(O)[C@](C)(O)[C@]1(C)O. The molecule has 1 saturated heterocycles. The third-order valence-electron chi connectivity index (χ3n) is 4.06. The molecular formula is C11H20O6. The molecule has 0 spiro atoms. The minimum absolute atomic E-state index is 0.550. The fourth-order valence-electron chi connectivity index (χ4n) is 2.14. The second-order valence-corrected chi connectivity index (χ2v) is 5.38. The second kappa shape index (κ2) is 3.49. The Morgan fingerprint density at radius 1 is 1.00 bits per heavy atom. The van der Waals surface area contributed by atoms with Gasteiger partial charge in [0, 0.05) is 0 Å². The van der Waals surface area contributed by atoms with Gasteiger partial charge in [0.25, 0.3) is 0 Å². The fourth-order valence-corrected chi connectivity index (χ4v) is 2.14. The van der Waals surface area contributed by atoms with Gasteiger partial charge in [-0.25, -0.2) is 0 Å². The molecule has 0 bridgehead atoms. The van der Waals surface area contributed by atoms with Crippen LogP contribution in [0.1, 0.15) is 34.6 Å². The topological polar surface area (TPSA) is 107 Å². The summed E-state index contributed by atoms with van der Waals surface area (Å²) < 4.78 is 5.05. The van der Waals surface area contributed by atoms with Gasteiger partial charge in [0.05, 0.1) is 0 Å². The van der Waals surface area contributed by atoms with Gasteiger partial charge in [0.15, 0.2) is 17.7 Å². The third-order valence-corrected chi connectivity index (χ3v) is 4.06. The van der Waals surface area contributed by atoms with Crippen LogP contribution in [0, 0.1) is 0 Å². The van der Waals surface area contributed by atoms with Crippen LogP contribution in [0.2, 0.25) is 0 Å². The maximum atomic E-state index is 11.4. The Balaban J connectivity index is 3.39. The molecule has 0 radical (unpaired) electrons. The minimum Gasteiger partial charge on any atom is -0.384 e. The van der Waals surface area contributed by atoms with Gasteiger partial charge in [-0.05, 0) is 34.6 Å². The molecule has 0 amide bonds.